The van der Waals surface area contributed by atoms with Gasteiger partial charge < -0.3 is 14.4 Å². The molecule has 1 aliphatic heterocycles. The number of allylic oxidation sites excluding steroid dienone is 2. The molecule has 0 saturated carbocycles. The Labute approximate surface area is 115 Å². The second kappa shape index (κ2) is 6.38. The van der Waals surface area contributed by atoms with E-state index in [2.05, 4.69) is 9.47 Å². The van der Waals surface area contributed by atoms with Crippen LogP contribution < -0.4 is 0 Å². The van der Waals surface area contributed by atoms with Crippen molar-refractivity contribution < 1.29 is 23.9 Å². The zero-order valence-electron chi connectivity index (χ0n) is 10.8. The van der Waals surface area contributed by atoms with E-state index in [-0.39, 0.29) is 17.4 Å². The lowest BCUT2D eigenvalue weighted by Crippen LogP contribution is -2.37. The number of nitrogens with zero attached hydrogens (tertiary/aromatic N) is 1. The van der Waals surface area contributed by atoms with Gasteiger partial charge in [0, 0.05) is 17.8 Å². The Morgan fingerprint density at radius 2 is 1.84 bits per heavy atom. The summed E-state index contributed by atoms with van der Waals surface area (Å²) in [5.74, 6) is -2.77. The molecule has 7 heteroatoms. The number of amides is 1. The van der Waals surface area contributed by atoms with Gasteiger partial charge in [-0.1, -0.05) is 11.6 Å². The van der Waals surface area contributed by atoms with Crippen LogP contribution in [0.4, 0.5) is 0 Å². The monoisotopic (exact) mass is 287 g/mol. The minimum Gasteiger partial charge on any atom is -0.468 e. The number of β-lactam (4-membered cyclic amide) rings is 1. The van der Waals surface area contributed by atoms with E-state index in [1.807, 2.05) is 0 Å². The first kappa shape index (κ1) is 15.2. The summed E-state index contributed by atoms with van der Waals surface area (Å²) in [4.78, 5) is 35.3. The summed E-state index contributed by atoms with van der Waals surface area (Å²) >= 11 is 5.93. The van der Waals surface area contributed by atoms with Crippen molar-refractivity contribution in [2.24, 2.45) is 5.92 Å². The van der Waals surface area contributed by atoms with Crippen molar-refractivity contribution in [3.05, 3.63) is 22.9 Å². The molecule has 6 nitrogen and oxygen atoms in total. The van der Waals surface area contributed by atoms with Gasteiger partial charge in [0.2, 0.25) is 5.91 Å². The van der Waals surface area contributed by atoms with Crippen molar-refractivity contribution in [1.82, 2.24) is 4.90 Å². The standard InChI is InChI=1S/C12H14ClNO5/c1-14-8(6-10(14)15)4-7(13)5-9(11(16)18-2)12(17)19-3/h4-5,9H,6H2,1-3H3/b7-5+,8-4-. The number of esters is 2. The van der Waals surface area contributed by atoms with Gasteiger partial charge in [0.25, 0.3) is 0 Å². The fourth-order valence-electron chi connectivity index (χ4n) is 1.46. The maximum atomic E-state index is 11.4. The third kappa shape index (κ3) is 3.57. The van der Waals surface area contributed by atoms with Gasteiger partial charge in [0.05, 0.1) is 20.6 Å². The van der Waals surface area contributed by atoms with Crippen LogP contribution >= 0.6 is 11.6 Å². The number of rotatable bonds is 4. The first-order valence-electron chi connectivity index (χ1n) is 5.40. The average Bonchev–Trinajstić information content (AvgIpc) is 2.42. The number of carbonyl (C=O) groups excluding carboxylic acids is 3. The molecule has 0 bridgehead atoms. The molecule has 0 aromatic carbocycles. The van der Waals surface area contributed by atoms with Crippen LogP contribution in [0.15, 0.2) is 22.9 Å². The largest absolute Gasteiger partial charge is 0.468 e. The van der Waals surface area contributed by atoms with E-state index in [9.17, 15) is 14.4 Å². The maximum Gasteiger partial charge on any atom is 0.324 e. The van der Waals surface area contributed by atoms with Gasteiger partial charge in [-0.3, -0.25) is 14.4 Å². The molecule has 0 aromatic heterocycles. The Morgan fingerprint density at radius 3 is 2.21 bits per heavy atom. The molecule has 1 heterocycles. The van der Waals surface area contributed by atoms with Crippen LogP contribution in [0.3, 0.4) is 0 Å². The fraction of sp³-hybridized carbons (Fsp3) is 0.417. The smallest absolute Gasteiger partial charge is 0.324 e. The average molecular weight is 288 g/mol. The lowest BCUT2D eigenvalue weighted by atomic mass is 10.1. The molecular weight excluding hydrogens is 274 g/mol. The highest BCUT2D eigenvalue weighted by Crippen LogP contribution is 2.24. The Balaban J connectivity index is 2.87. The van der Waals surface area contributed by atoms with E-state index in [0.29, 0.717) is 5.70 Å². The lowest BCUT2D eigenvalue weighted by Gasteiger charge is -2.29. The van der Waals surface area contributed by atoms with Crippen LogP contribution in [-0.2, 0) is 23.9 Å². The molecule has 1 fully saturated rings. The molecule has 1 aliphatic rings. The molecular formula is C12H14ClNO5. The van der Waals surface area contributed by atoms with Crippen molar-refractivity contribution in [3.63, 3.8) is 0 Å². The Bertz CT molecular complexity index is 453. The van der Waals surface area contributed by atoms with E-state index in [0.717, 1.165) is 14.2 Å². The first-order chi connectivity index (χ1) is 8.90. The predicted octanol–water partition coefficient (Wildman–Crippen LogP) is 0.817. The van der Waals surface area contributed by atoms with E-state index in [1.54, 1.807) is 7.05 Å². The highest BCUT2D eigenvalue weighted by Gasteiger charge is 2.28. The Kier molecular flexibility index (Phi) is 5.11. The Hall–Kier alpha value is -1.82. The van der Waals surface area contributed by atoms with E-state index < -0.39 is 17.9 Å². The summed E-state index contributed by atoms with van der Waals surface area (Å²) in [6.45, 7) is 0. The van der Waals surface area contributed by atoms with Gasteiger partial charge in [-0.25, -0.2) is 0 Å². The van der Waals surface area contributed by atoms with Crippen molar-refractivity contribution in [2.45, 2.75) is 6.42 Å². The third-order valence-electron chi connectivity index (χ3n) is 2.68. The highest BCUT2D eigenvalue weighted by molar-refractivity contribution is 6.31. The molecule has 0 unspecified atom stereocenters. The predicted molar refractivity (Wildman–Crippen MR) is 66.9 cm³/mol. The molecule has 0 atom stereocenters. The number of halogens is 1. The first-order valence-corrected chi connectivity index (χ1v) is 5.78. The molecule has 1 saturated heterocycles. The van der Waals surface area contributed by atoms with Crippen LogP contribution in [-0.4, -0.2) is 44.0 Å². The summed E-state index contributed by atoms with van der Waals surface area (Å²) < 4.78 is 8.98. The fourth-order valence-corrected chi connectivity index (χ4v) is 1.71. The van der Waals surface area contributed by atoms with Gasteiger partial charge in [0.1, 0.15) is 0 Å². The number of hydrogen-bond acceptors (Lipinski definition) is 5. The second-order valence-electron chi connectivity index (χ2n) is 3.84. The SMILES string of the molecule is COC(=O)C(/C=C(Cl)\C=C1\CC(=O)N1C)C(=O)OC. The Morgan fingerprint density at radius 1 is 1.32 bits per heavy atom. The molecule has 1 rings (SSSR count). The summed E-state index contributed by atoms with van der Waals surface area (Å²) in [6, 6.07) is 0. The van der Waals surface area contributed by atoms with Crippen LogP contribution in [0.1, 0.15) is 6.42 Å². The molecule has 0 N–H and O–H groups in total. The van der Waals surface area contributed by atoms with Crippen molar-refractivity contribution >= 4 is 29.4 Å². The summed E-state index contributed by atoms with van der Waals surface area (Å²) in [5, 5.41) is 0.162. The van der Waals surface area contributed by atoms with Gasteiger partial charge in [-0.2, -0.15) is 0 Å². The van der Waals surface area contributed by atoms with Crippen LogP contribution in [0, 0.1) is 5.92 Å². The highest BCUT2D eigenvalue weighted by atomic mass is 35.5. The van der Waals surface area contributed by atoms with Crippen molar-refractivity contribution in [1.29, 1.82) is 0 Å². The van der Waals surface area contributed by atoms with E-state index in [4.69, 9.17) is 11.6 Å². The van der Waals surface area contributed by atoms with Crippen molar-refractivity contribution in [2.75, 3.05) is 21.3 Å². The molecule has 0 radical (unpaired) electrons. The number of ether oxygens (including phenoxy) is 2. The summed E-state index contributed by atoms with van der Waals surface area (Å²) in [7, 11) is 3.94. The van der Waals surface area contributed by atoms with Gasteiger partial charge in [-0.15, -0.1) is 0 Å². The number of hydrogen-bond donors (Lipinski definition) is 0. The summed E-state index contributed by atoms with van der Waals surface area (Å²) in [6.07, 6.45) is 3.02. The molecule has 19 heavy (non-hydrogen) atoms. The number of carbonyl (C=O) groups is 3. The normalized spacial score (nSPS) is 17.5. The van der Waals surface area contributed by atoms with Gasteiger partial charge >= 0.3 is 11.9 Å². The second-order valence-corrected chi connectivity index (χ2v) is 4.28. The minimum absolute atomic E-state index is 0.0202. The molecule has 0 aromatic rings. The third-order valence-corrected chi connectivity index (χ3v) is 2.91. The van der Waals surface area contributed by atoms with E-state index >= 15 is 0 Å². The summed E-state index contributed by atoms with van der Waals surface area (Å²) in [5.41, 5.74) is 0.708. The topological polar surface area (TPSA) is 72.9 Å². The zero-order chi connectivity index (χ0) is 14.6. The van der Waals surface area contributed by atoms with Crippen LogP contribution in [0.2, 0.25) is 0 Å². The molecule has 0 aliphatic carbocycles. The van der Waals surface area contributed by atoms with Gasteiger partial charge in [0.15, 0.2) is 5.92 Å². The van der Waals surface area contributed by atoms with Gasteiger partial charge in [-0.05, 0) is 12.2 Å². The number of methoxy groups -OCH3 is 2. The number of likely N-dealkylation sites (tertiary alicyclic amines) is 1. The van der Waals surface area contributed by atoms with E-state index in [1.165, 1.54) is 17.1 Å². The minimum atomic E-state index is -1.22. The molecule has 1 amide bonds. The molecule has 0 spiro atoms. The quantitative estimate of drug-likeness (QED) is 0.435. The van der Waals surface area contributed by atoms with Crippen LogP contribution in [0.5, 0.6) is 0 Å². The van der Waals surface area contributed by atoms with Crippen molar-refractivity contribution in [3.8, 4) is 0 Å². The zero-order valence-corrected chi connectivity index (χ0v) is 11.6. The van der Waals surface area contributed by atoms with Crippen LogP contribution in [0.25, 0.3) is 0 Å². The lowest BCUT2D eigenvalue weighted by molar-refractivity contribution is -0.156. The molecule has 104 valence electrons. The maximum absolute atomic E-state index is 11.4.